The molecule has 1 aromatic heterocycles. The van der Waals surface area contributed by atoms with E-state index in [4.69, 9.17) is 9.78 Å². The van der Waals surface area contributed by atoms with E-state index in [0.717, 1.165) is 0 Å². The molecule has 1 aliphatic carbocycles. The van der Waals surface area contributed by atoms with Gasteiger partial charge in [0.2, 0.25) is 11.8 Å². The monoisotopic (exact) mass is 241 g/mol. The molecule has 0 saturated heterocycles. The fraction of sp³-hybridized carbons (Fsp3) is 0.727. The van der Waals surface area contributed by atoms with Crippen molar-refractivity contribution in [1.29, 1.82) is 5.26 Å². The largest absolute Gasteiger partial charge is 0.339 e. The summed E-state index contributed by atoms with van der Waals surface area (Å²) in [5, 5.41) is 12.1. The van der Waals surface area contributed by atoms with E-state index in [9.17, 15) is 8.78 Å². The zero-order chi connectivity index (χ0) is 12.3. The molecule has 4 nitrogen and oxygen atoms in total. The van der Waals surface area contributed by atoms with Gasteiger partial charge in [0.15, 0.2) is 5.82 Å². The molecule has 1 heterocycles. The van der Waals surface area contributed by atoms with Crippen molar-refractivity contribution in [1.82, 2.24) is 10.1 Å². The molecule has 1 unspecified atom stereocenters. The summed E-state index contributed by atoms with van der Waals surface area (Å²) in [6, 6.07) is 1.97. The number of rotatable bonds is 3. The third kappa shape index (κ3) is 2.99. The third-order valence-electron chi connectivity index (χ3n) is 2.94. The maximum Gasteiger partial charge on any atom is 0.248 e. The van der Waals surface area contributed by atoms with Crippen molar-refractivity contribution in [3.05, 3.63) is 11.7 Å². The van der Waals surface area contributed by atoms with Crippen LogP contribution in [0.5, 0.6) is 0 Å². The van der Waals surface area contributed by atoms with E-state index < -0.39 is 5.92 Å². The molecular formula is C11H13F2N3O. The first-order valence-corrected chi connectivity index (χ1v) is 5.68. The molecule has 0 bridgehead atoms. The Morgan fingerprint density at radius 3 is 3.06 bits per heavy atom. The van der Waals surface area contributed by atoms with E-state index >= 15 is 0 Å². The van der Waals surface area contributed by atoms with Gasteiger partial charge in [-0.05, 0) is 12.8 Å². The number of hydrogen-bond acceptors (Lipinski definition) is 4. The molecule has 1 atom stereocenters. The van der Waals surface area contributed by atoms with Gasteiger partial charge < -0.3 is 4.52 Å². The van der Waals surface area contributed by atoms with Crippen LogP contribution >= 0.6 is 0 Å². The number of aryl methyl sites for hydroxylation is 1. The van der Waals surface area contributed by atoms with Crippen molar-refractivity contribution in [2.45, 2.75) is 50.4 Å². The summed E-state index contributed by atoms with van der Waals surface area (Å²) in [5.41, 5.74) is 0. The number of hydrogen-bond donors (Lipinski definition) is 0. The lowest BCUT2D eigenvalue weighted by molar-refractivity contribution is -0.0418. The average Bonchev–Trinajstić information content (AvgIpc) is 2.73. The molecule has 1 aliphatic rings. The summed E-state index contributed by atoms with van der Waals surface area (Å²) in [7, 11) is 0. The Morgan fingerprint density at radius 1 is 1.53 bits per heavy atom. The molecule has 0 radical (unpaired) electrons. The summed E-state index contributed by atoms with van der Waals surface area (Å²) in [5.74, 6) is -2.22. The van der Waals surface area contributed by atoms with Gasteiger partial charge >= 0.3 is 0 Å². The lowest BCUT2D eigenvalue weighted by atomic mass is 9.86. The zero-order valence-corrected chi connectivity index (χ0v) is 9.33. The second-order valence-electron chi connectivity index (χ2n) is 4.35. The fourth-order valence-corrected chi connectivity index (χ4v) is 2.09. The van der Waals surface area contributed by atoms with Crippen LogP contribution in [0.1, 0.15) is 49.7 Å². The predicted molar refractivity (Wildman–Crippen MR) is 54.4 cm³/mol. The minimum Gasteiger partial charge on any atom is -0.339 e. The first-order chi connectivity index (χ1) is 8.11. The molecule has 0 aromatic carbocycles. The maximum absolute atomic E-state index is 13.2. The predicted octanol–water partition coefficient (Wildman–Crippen LogP) is 2.82. The van der Waals surface area contributed by atoms with Gasteiger partial charge in [-0.1, -0.05) is 5.16 Å². The topological polar surface area (TPSA) is 62.7 Å². The molecule has 0 spiro atoms. The molecule has 0 aliphatic heterocycles. The summed E-state index contributed by atoms with van der Waals surface area (Å²) in [6.07, 6.45) is 1.58. The highest BCUT2D eigenvalue weighted by atomic mass is 19.3. The molecule has 1 saturated carbocycles. The van der Waals surface area contributed by atoms with Crippen LogP contribution in [0.25, 0.3) is 0 Å². The summed E-state index contributed by atoms with van der Waals surface area (Å²) >= 11 is 0. The summed E-state index contributed by atoms with van der Waals surface area (Å²) in [6.45, 7) is 0. The number of alkyl halides is 2. The SMILES string of the molecule is N#CCCc1nc(C2CCCC(F)(F)C2)no1. The Kier molecular flexibility index (Phi) is 3.36. The fourth-order valence-electron chi connectivity index (χ4n) is 2.09. The number of nitriles is 1. The molecule has 6 heteroatoms. The molecule has 1 fully saturated rings. The van der Waals surface area contributed by atoms with Crippen LogP contribution in [0.3, 0.4) is 0 Å². The molecule has 1 aromatic rings. The highest BCUT2D eigenvalue weighted by Gasteiger charge is 2.38. The Hall–Kier alpha value is -1.51. The van der Waals surface area contributed by atoms with Gasteiger partial charge in [-0.25, -0.2) is 8.78 Å². The van der Waals surface area contributed by atoms with Gasteiger partial charge in [-0.2, -0.15) is 10.2 Å². The van der Waals surface area contributed by atoms with Gasteiger partial charge in [-0.15, -0.1) is 0 Å². The number of aromatic nitrogens is 2. The van der Waals surface area contributed by atoms with Crippen LogP contribution < -0.4 is 0 Å². The molecule has 0 N–H and O–H groups in total. The normalized spacial score (nSPS) is 23.2. The van der Waals surface area contributed by atoms with Crippen molar-refractivity contribution in [3.8, 4) is 6.07 Å². The first kappa shape index (κ1) is 12.0. The zero-order valence-electron chi connectivity index (χ0n) is 9.33. The van der Waals surface area contributed by atoms with E-state index in [1.165, 1.54) is 0 Å². The third-order valence-corrected chi connectivity index (χ3v) is 2.94. The van der Waals surface area contributed by atoms with Crippen LogP contribution in [0.4, 0.5) is 8.78 Å². The van der Waals surface area contributed by atoms with E-state index in [-0.39, 0.29) is 18.8 Å². The highest BCUT2D eigenvalue weighted by molar-refractivity contribution is 5.00. The van der Waals surface area contributed by atoms with Gasteiger partial charge in [0.05, 0.1) is 6.07 Å². The Morgan fingerprint density at radius 2 is 2.35 bits per heavy atom. The Balaban J connectivity index is 2.02. The smallest absolute Gasteiger partial charge is 0.248 e. The highest BCUT2D eigenvalue weighted by Crippen LogP contribution is 2.40. The minimum atomic E-state index is -2.61. The van der Waals surface area contributed by atoms with Crippen LogP contribution in [0.15, 0.2) is 4.52 Å². The van der Waals surface area contributed by atoms with Crippen LogP contribution in [0.2, 0.25) is 0 Å². The van der Waals surface area contributed by atoms with E-state index in [1.807, 2.05) is 6.07 Å². The standard InChI is InChI=1S/C11H13F2N3O/c12-11(13)5-1-3-8(7-11)10-15-9(17-16-10)4-2-6-14/h8H,1-5,7H2. The van der Waals surface area contributed by atoms with Crippen LogP contribution in [0, 0.1) is 11.3 Å². The van der Waals surface area contributed by atoms with Gasteiger partial charge in [0, 0.05) is 31.6 Å². The average molecular weight is 241 g/mol. The maximum atomic E-state index is 13.2. The lowest BCUT2D eigenvalue weighted by Crippen LogP contribution is -2.25. The van der Waals surface area contributed by atoms with Crippen molar-refractivity contribution < 1.29 is 13.3 Å². The molecule has 2 rings (SSSR count). The van der Waals surface area contributed by atoms with E-state index in [0.29, 0.717) is 37.4 Å². The quantitative estimate of drug-likeness (QED) is 0.816. The molecule has 17 heavy (non-hydrogen) atoms. The van der Waals surface area contributed by atoms with E-state index in [1.54, 1.807) is 0 Å². The minimum absolute atomic E-state index is 0.0529. The van der Waals surface area contributed by atoms with Gasteiger partial charge in [0.25, 0.3) is 0 Å². The van der Waals surface area contributed by atoms with E-state index in [2.05, 4.69) is 10.1 Å². The van der Waals surface area contributed by atoms with Crippen molar-refractivity contribution in [3.63, 3.8) is 0 Å². The van der Waals surface area contributed by atoms with Crippen molar-refractivity contribution >= 4 is 0 Å². The van der Waals surface area contributed by atoms with Crippen LogP contribution in [-0.4, -0.2) is 16.1 Å². The Bertz CT molecular complexity index is 425. The van der Waals surface area contributed by atoms with Gasteiger partial charge in [0.1, 0.15) is 0 Å². The Labute approximate surface area is 97.6 Å². The van der Waals surface area contributed by atoms with Crippen molar-refractivity contribution in [2.24, 2.45) is 0 Å². The van der Waals surface area contributed by atoms with Crippen molar-refractivity contribution in [2.75, 3.05) is 0 Å². The van der Waals surface area contributed by atoms with Crippen LogP contribution in [-0.2, 0) is 6.42 Å². The number of nitrogens with zero attached hydrogens (tertiary/aromatic N) is 3. The number of halogens is 2. The second-order valence-corrected chi connectivity index (χ2v) is 4.35. The second kappa shape index (κ2) is 4.78. The molecular weight excluding hydrogens is 228 g/mol. The van der Waals surface area contributed by atoms with Gasteiger partial charge in [-0.3, -0.25) is 0 Å². The molecule has 92 valence electrons. The molecule has 0 amide bonds. The summed E-state index contributed by atoms with van der Waals surface area (Å²) in [4.78, 5) is 4.07. The first-order valence-electron chi connectivity index (χ1n) is 5.68. The summed E-state index contributed by atoms with van der Waals surface area (Å²) < 4.78 is 31.4. The lowest BCUT2D eigenvalue weighted by Gasteiger charge is -2.26.